The number of halogens is 4. The molecule has 0 radical (unpaired) electrons. The Bertz CT molecular complexity index is 267. The van der Waals surface area contributed by atoms with Crippen molar-refractivity contribution in [1.82, 2.24) is 4.98 Å². The number of alkyl halides is 3. The van der Waals surface area contributed by atoms with E-state index in [1.54, 1.807) is 0 Å². The Morgan fingerprint density at radius 2 is 2.00 bits per heavy atom. The highest BCUT2D eigenvalue weighted by Crippen LogP contribution is 2.25. The molecule has 66 valence electrons. The highest BCUT2D eigenvalue weighted by molar-refractivity contribution is 9.10. The molecule has 0 bridgehead atoms. The zero-order chi connectivity index (χ0) is 9.14. The molecule has 0 amide bonds. The summed E-state index contributed by atoms with van der Waals surface area (Å²) in [5, 5.41) is 0. The van der Waals surface area contributed by atoms with E-state index in [1.807, 2.05) is 0 Å². The summed E-state index contributed by atoms with van der Waals surface area (Å²) in [7, 11) is 0. The van der Waals surface area contributed by atoms with Crippen LogP contribution in [0.15, 0.2) is 22.9 Å². The molecule has 0 aliphatic heterocycles. The van der Waals surface area contributed by atoms with E-state index >= 15 is 0 Å². The fraction of sp³-hybridized carbons (Fsp3) is 0.286. The van der Waals surface area contributed by atoms with Crippen molar-refractivity contribution in [3.8, 4) is 0 Å². The molecular weight excluding hydrogens is 235 g/mol. The van der Waals surface area contributed by atoms with Gasteiger partial charge in [-0.25, -0.2) is 18.2 Å². The molecule has 0 spiro atoms. The first-order valence-corrected chi connectivity index (χ1v) is 3.94. The van der Waals surface area contributed by atoms with Crippen LogP contribution in [0.3, 0.4) is 0 Å². The molecule has 1 aromatic rings. The van der Waals surface area contributed by atoms with Crippen LogP contribution in [0.4, 0.5) is 13.2 Å². The lowest BCUT2D eigenvalue weighted by atomic mass is 10.2. The first-order valence-electron chi connectivity index (χ1n) is 3.15. The Balaban J connectivity index is 2.88. The van der Waals surface area contributed by atoms with Crippen molar-refractivity contribution in [2.45, 2.75) is 12.6 Å². The minimum atomic E-state index is -2.99. The van der Waals surface area contributed by atoms with Gasteiger partial charge >= 0.3 is 0 Å². The predicted molar refractivity (Wildman–Crippen MR) is 41.8 cm³/mol. The lowest BCUT2D eigenvalue weighted by Gasteiger charge is -2.06. The van der Waals surface area contributed by atoms with E-state index in [9.17, 15) is 13.2 Å². The molecule has 0 aliphatic rings. The maximum absolute atomic E-state index is 12.6. The predicted octanol–water partition coefficient (Wildman–Crippen LogP) is 3.12. The molecule has 0 N–H and O–H groups in total. The van der Waals surface area contributed by atoms with Crippen LogP contribution >= 0.6 is 15.9 Å². The van der Waals surface area contributed by atoms with Crippen LogP contribution in [-0.2, 0) is 0 Å². The molecule has 0 fully saturated rings. The van der Waals surface area contributed by atoms with Gasteiger partial charge in [0.2, 0.25) is 0 Å². The monoisotopic (exact) mass is 239 g/mol. The van der Waals surface area contributed by atoms with Crippen molar-refractivity contribution in [2.24, 2.45) is 0 Å². The van der Waals surface area contributed by atoms with E-state index in [-0.39, 0.29) is 5.56 Å². The van der Waals surface area contributed by atoms with Gasteiger partial charge in [0.1, 0.15) is 4.60 Å². The van der Waals surface area contributed by atoms with Crippen LogP contribution in [0, 0.1) is 0 Å². The molecule has 1 unspecified atom stereocenters. The van der Waals surface area contributed by atoms with Crippen LogP contribution in [0.25, 0.3) is 0 Å². The smallest absolute Gasteiger partial charge is 0.249 e. The molecule has 0 saturated heterocycles. The van der Waals surface area contributed by atoms with Crippen molar-refractivity contribution < 1.29 is 13.2 Å². The number of hydrogen-bond donors (Lipinski definition) is 0. The first kappa shape index (κ1) is 9.51. The van der Waals surface area contributed by atoms with Gasteiger partial charge in [0.05, 0.1) is 0 Å². The average molecular weight is 240 g/mol. The van der Waals surface area contributed by atoms with Gasteiger partial charge in [0.25, 0.3) is 6.43 Å². The lowest BCUT2D eigenvalue weighted by Crippen LogP contribution is -2.02. The van der Waals surface area contributed by atoms with E-state index in [2.05, 4.69) is 20.9 Å². The van der Waals surface area contributed by atoms with Crippen LogP contribution in [0.2, 0.25) is 0 Å². The zero-order valence-electron chi connectivity index (χ0n) is 5.85. The summed E-state index contributed by atoms with van der Waals surface area (Å²) in [6, 6.07) is 2.46. The largest absolute Gasteiger partial charge is 0.273 e. The van der Waals surface area contributed by atoms with Crippen molar-refractivity contribution in [2.75, 3.05) is 0 Å². The maximum Gasteiger partial charge on any atom is 0.273 e. The second kappa shape index (κ2) is 3.89. The molecule has 1 heterocycles. The van der Waals surface area contributed by atoms with E-state index in [4.69, 9.17) is 0 Å². The zero-order valence-corrected chi connectivity index (χ0v) is 7.43. The van der Waals surface area contributed by atoms with Crippen LogP contribution in [-0.4, -0.2) is 11.4 Å². The van der Waals surface area contributed by atoms with Crippen LogP contribution < -0.4 is 0 Å². The average Bonchev–Trinajstić information content (AvgIpc) is 2.03. The Morgan fingerprint density at radius 3 is 2.50 bits per heavy atom. The Kier molecular flexibility index (Phi) is 3.08. The summed E-state index contributed by atoms with van der Waals surface area (Å²) < 4.78 is 36.7. The second-order valence-electron chi connectivity index (χ2n) is 2.15. The number of pyridine rings is 1. The quantitative estimate of drug-likeness (QED) is 0.723. The number of hydrogen-bond acceptors (Lipinski definition) is 1. The Labute approximate surface area is 75.7 Å². The van der Waals surface area contributed by atoms with Gasteiger partial charge in [0, 0.05) is 6.20 Å². The Morgan fingerprint density at radius 1 is 1.33 bits per heavy atom. The molecule has 1 aromatic heterocycles. The molecule has 12 heavy (non-hydrogen) atoms. The van der Waals surface area contributed by atoms with Gasteiger partial charge in [-0.05, 0) is 33.6 Å². The SMILES string of the molecule is FC(F)C(F)c1ccnc(Br)c1. The van der Waals surface area contributed by atoms with Crippen molar-refractivity contribution in [3.05, 3.63) is 28.5 Å². The normalized spacial score (nSPS) is 13.4. The topological polar surface area (TPSA) is 12.9 Å². The van der Waals surface area contributed by atoms with Gasteiger partial charge in [-0.3, -0.25) is 0 Å². The number of rotatable bonds is 2. The summed E-state index contributed by atoms with van der Waals surface area (Å²) in [6.07, 6.45) is -3.95. The summed E-state index contributed by atoms with van der Waals surface area (Å²) in [4.78, 5) is 3.69. The van der Waals surface area contributed by atoms with Crippen molar-refractivity contribution in [3.63, 3.8) is 0 Å². The highest BCUT2D eigenvalue weighted by Gasteiger charge is 2.21. The molecular formula is C7H5BrF3N. The molecule has 1 atom stereocenters. The van der Waals surface area contributed by atoms with Gasteiger partial charge in [-0.15, -0.1) is 0 Å². The van der Waals surface area contributed by atoms with E-state index in [1.165, 1.54) is 18.3 Å². The molecule has 5 heteroatoms. The standard InChI is InChI=1S/C7H5BrF3N/c8-5-3-4(1-2-12-5)6(9)7(10)11/h1-3,6-7H. The molecule has 0 aliphatic carbocycles. The number of nitrogens with zero attached hydrogens (tertiary/aromatic N) is 1. The first-order chi connectivity index (χ1) is 5.61. The van der Waals surface area contributed by atoms with E-state index in [0.29, 0.717) is 4.60 Å². The van der Waals surface area contributed by atoms with Crippen molar-refractivity contribution in [1.29, 1.82) is 0 Å². The third kappa shape index (κ3) is 2.20. The van der Waals surface area contributed by atoms with Crippen LogP contribution in [0.5, 0.6) is 0 Å². The summed E-state index contributed by atoms with van der Waals surface area (Å²) in [5.41, 5.74) is -0.0631. The summed E-state index contributed by atoms with van der Waals surface area (Å²) in [5.74, 6) is 0. The fourth-order valence-electron chi connectivity index (χ4n) is 0.734. The van der Waals surface area contributed by atoms with Gasteiger partial charge in [-0.2, -0.15) is 0 Å². The maximum atomic E-state index is 12.6. The van der Waals surface area contributed by atoms with Crippen LogP contribution in [0.1, 0.15) is 11.7 Å². The van der Waals surface area contributed by atoms with E-state index in [0.717, 1.165) is 0 Å². The fourth-order valence-corrected chi connectivity index (χ4v) is 1.12. The Hall–Kier alpha value is -0.580. The molecule has 1 rings (SSSR count). The molecule has 0 aromatic carbocycles. The van der Waals surface area contributed by atoms with Gasteiger partial charge in [-0.1, -0.05) is 0 Å². The van der Waals surface area contributed by atoms with E-state index < -0.39 is 12.6 Å². The van der Waals surface area contributed by atoms with Crippen molar-refractivity contribution >= 4 is 15.9 Å². The lowest BCUT2D eigenvalue weighted by molar-refractivity contribution is 0.0495. The third-order valence-electron chi connectivity index (χ3n) is 1.29. The van der Waals surface area contributed by atoms with Gasteiger partial charge in [0.15, 0.2) is 6.17 Å². The minimum Gasteiger partial charge on any atom is -0.249 e. The minimum absolute atomic E-state index is 0.0631. The molecule has 0 saturated carbocycles. The third-order valence-corrected chi connectivity index (χ3v) is 1.72. The molecule has 1 nitrogen and oxygen atoms in total. The summed E-state index contributed by atoms with van der Waals surface area (Å²) >= 11 is 2.96. The van der Waals surface area contributed by atoms with Gasteiger partial charge < -0.3 is 0 Å². The second-order valence-corrected chi connectivity index (χ2v) is 2.96. The highest BCUT2D eigenvalue weighted by atomic mass is 79.9. The summed E-state index contributed by atoms with van der Waals surface area (Å²) in [6.45, 7) is 0. The number of aromatic nitrogens is 1.